The molecule has 0 amide bonds. The molecule has 1 rings (SSSR count). The van der Waals surface area contributed by atoms with Gasteiger partial charge >= 0.3 is 5.97 Å². The number of methoxy groups -OCH3 is 1. The molecule has 0 fully saturated rings. The van der Waals surface area contributed by atoms with Gasteiger partial charge in [-0.2, -0.15) is 0 Å². The van der Waals surface area contributed by atoms with E-state index in [1.54, 1.807) is 0 Å². The van der Waals surface area contributed by atoms with Crippen LogP contribution in [0.5, 0.6) is 5.75 Å². The van der Waals surface area contributed by atoms with E-state index < -0.39 is 6.10 Å². The molecule has 0 saturated carbocycles. The molecule has 88 valence electrons. The van der Waals surface area contributed by atoms with Crippen molar-refractivity contribution in [2.24, 2.45) is 5.92 Å². The highest BCUT2D eigenvalue weighted by Crippen LogP contribution is 2.26. The molecule has 0 radical (unpaired) electrons. The molecule has 16 heavy (non-hydrogen) atoms. The third-order valence-corrected chi connectivity index (χ3v) is 2.78. The van der Waals surface area contributed by atoms with Gasteiger partial charge in [0, 0.05) is 5.92 Å². The fourth-order valence-corrected chi connectivity index (χ4v) is 1.63. The van der Waals surface area contributed by atoms with E-state index in [9.17, 15) is 4.79 Å². The van der Waals surface area contributed by atoms with Crippen LogP contribution in [-0.2, 0) is 9.53 Å². The molecule has 0 N–H and O–H groups in total. The van der Waals surface area contributed by atoms with Gasteiger partial charge in [0.15, 0.2) is 6.10 Å². The van der Waals surface area contributed by atoms with Crippen molar-refractivity contribution in [1.29, 1.82) is 0 Å². The predicted molar refractivity (Wildman–Crippen MR) is 65.4 cm³/mol. The van der Waals surface area contributed by atoms with Crippen molar-refractivity contribution in [1.82, 2.24) is 0 Å². The first-order chi connectivity index (χ1) is 7.56. The van der Waals surface area contributed by atoms with E-state index in [-0.39, 0.29) is 11.9 Å². The SMILES string of the molecule is COC(=O)[C@H](Oc1ccccc1Br)C(C)C. The summed E-state index contributed by atoms with van der Waals surface area (Å²) < 4.78 is 11.2. The Balaban J connectivity index is 2.84. The number of hydrogen-bond acceptors (Lipinski definition) is 3. The van der Waals surface area contributed by atoms with Crippen molar-refractivity contribution in [3.63, 3.8) is 0 Å². The van der Waals surface area contributed by atoms with Gasteiger partial charge in [0.1, 0.15) is 5.75 Å². The summed E-state index contributed by atoms with van der Waals surface area (Å²) in [4.78, 5) is 11.5. The number of halogens is 1. The summed E-state index contributed by atoms with van der Waals surface area (Å²) in [6.45, 7) is 3.83. The molecule has 0 aliphatic rings. The Morgan fingerprint density at radius 2 is 1.94 bits per heavy atom. The monoisotopic (exact) mass is 286 g/mol. The largest absolute Gasteiger partial charge is 0.477 e. The van der Waals surface area contributed by atoms with E-state index >= 15 is 0 Å². The van der Waals surface area contributed by atoms with Gasteiger partial charge < -0.3 is 9.47 Å². The van der Waals surface area contributed by atoms with Crippen LogP contribution in [0.3, 0.4) is 0 Å². The molecule has 0 spiro atoms. The summed E-state index contributed by atoms with van der Waals surface area (Å²) in [6, 6.07) is 7.42. The van der Waals surface area contributed by atoms with Crippen LogP contribution >= 0.6 is 15.9 Å². The number of para-hydroxylation sites is 1. The first-order valence-electron chi connectivity index (χ1n) is 5.05. The fourth-order valence-electron chi connectivity index (χ4n) is 1.25. The van der Waals surface area contributed by atoms with Gasteiger partial charge in [0.05, 0.1) is 11.6 Å². The summed E-state index contributed by atoms with van der Waals surface area (Å²) in [5.41, 5.74) is 0. The second kappa shape index (κ2) is 5.89. The highest BCUT2D eigenvalue weighted by atomic mass is 79.9. The smallest absolute Gasteiger partial charge is 0.347 e. The van der Waals surface area contributed by atoms with Crippen molar-refractivity contribution in [3.05, 3.63) is 28.7 Å². The third-order valence-electron chi connectivity index (χ3n) is 2.13. The first-order valence-corrected chi connectivity index (χ1v) is 5.84. The average Bonchev–Trinajstić information content (AvgIpc) is 2.26. The van der Waals surface area contributed by atoms with Crippen LogP contribution in [0.2, 0.25) is 0 Å². The fraction of sp³-hybridized carbons (Fsp3) is 0.417. The molecule has 0 bridgehead atoms. The van der Waals surface area contributed by atoms with E-state index in [0.717, 1.165) is 4.47 Å². The number of hydrogen-bond donors (Lipinski definition) is 0. The molecule has 4 heteroatoms. The summed E-state index contributed by atoms with van der Waals surface area (Å²) in [5, 5.41) is 0. The Hall–Kier alpha value is -1.03. The zero-order valence-electron chi connectivity index (χ0n) is 9.57. The quantitative estimate of drug-likeness (QED) is 0.798. The van der Waals surface area contributed by atoms with Crippen molar-refractivity contribution in [2.45, 2.75) is 20.0 Å². The summed E-state index contributed by atoms with van der Waals surface area (Å²) >= 11 is 3.37. The van der Waals surface area contributed by atoms with Gasteiger partial charge in [-0.15, -0.1) is 0 Å². The summed E-state index contributed by atoms with van der Waals surface area (Å²) in [7, 11) is 1.36. The van der Waals surface area contributed by atoms with Gasteiger partial charge in [0.2, 0.25) is 0 Å². The second-order valence-corrected chi connectivity index (χ2v) is 4.59. The highest BCUT2D eigenvalue weighted by molar-refractivity contribution is 9.10. The molecule has 0 unspecified atom stereocenters. The molecule has 0 saturated heterocycles. The number of rotatable bonds is 4. The lowest BCUT2D eigenvalue weighted by atomic mass is 10.1. The van der Waals surface area contributed by atoms with Crippen LogP contribution in [0.15, 0.2) is 28.7 Å². The molecule has 1 atom stereocenters. The molecule has 0 aliphatic carbocycles. The highest BCUT2D eigenvalue weighted by Gasteiger charge is 2.25. The van der Waals surface area contributed by atoms with Crippen LogP contribution in [0.4, 0.5) is 0 Å². The van der Waals surface area contributed by atoms with E-state index in [4.69, 9.17) is 9.47 Å². The molecule has 1 aromatic rings. The third kappa shape index (κ3) is 3.23. The maximum atomic E-state index is 11.5. The number of benzene rings is 1. The van der Waals surface area contributed by atoms with Crippen molar-refractivity contribution < 1.29 is 14.3 Å². The van der Waals surface area contributed by atoms with E-state index in [1.807, 2.05) is 38.1 Å². The number of carbonyl (C=O) groups excluding carboxylic acids is 1. The Bertz CT molecular complexity index is 363. The Labute approximate surface area is 104 Å². The zero-order chi connectivity index (χ0) is 12.1. The van der Waals surface area contributed by atoms with Gasteiger partial charge in [-0.1, -0.05) is 26.0 Å². The van der Waals surface area contributed by atoms with Crippen molar-refractivity contribution >= 4 is 21.9 Å². The molecule has 0 aliphatic heterocycles. The maximum Gasteiger partial charge on any atom is 0.347 e. The topological polar surface area (TPSA) is 35.5 Å². The van der Waals surface area contributed by atoms with Gasteiger partial charge in [-0.25, -0.2) is 4.79 Å². The minimum absolute atomic E-state index is 0.0551. The minimum atomic E-state index is -0.580. The molecule has 1 aromatic carbocycles. The van der Waals surface area contributed by atoms with Gasteiger partial charge in [-0.05, 0) is 28.1 Å². The standard InChI is InChI=1S/C12H15BrO3/c1-8(2)11(12(14)15-3)16-10-7-5-4-6-9(10)13/h4-8,11H,1-3H3/t11-/m1/s1. The number of carbonyl (C=O) groups is 1. The molecular formula is C12H15BrO3. The normalized spacial score (nSPS) is 12.3. The second-order valence-electron chi connectivity index (χ2n) is 3.74. The van der Waals surface area contributed by atoms with Gasteiger partial charge in [0.25, 0.3) is 0 Å². The maximum absolute atomic E-state index is 11.5. The van der Waals surface area contributed by atoms with Crippen molar-refractivity contribution in [3.8, 4) is 5.75 Å². The first kappa shape index (κ1) is 13.0. The zero-order valence-corrected chi connectivity index (χ0v) is 11.2. The molecule has 0 aromatic heterocycles. The Kier molecular flexibility index (Phi) is 4.80. The molecular weight excluding hydrogens is 272 g/mol. The van der Waals surface area contributed by atoms with E-state index in [0.29, 0.717) is 5.75 Å². The van der Waals surface area contributed by atoms with Gasteiger partial charge in [-0.3, -0.25) is 0 Å². The predicted octanol–water partition coefficient (Wildman–Crippen LogP) is 3.03. The van der Waals surface area contributed by atoms with E-state index in [1.165, 1.54) is 7.11 Å². The van der Waals surface area contributed by atoms with Crippen LogP contribution < -0.4 is 4.74 Å². The summed E-state index contributed by atoms with van der Waals surface area (Å²) in [6.07, 6.45) is -0.580. The van der Waals surface area contributed by atoms with Crippen LogP contribution in [-0.4, -0.2) is 19.2 Å². The average molecular weight is 287 g/mol. The number of esters is 1. The minimum Gasteiger partial charge on any atom is -0.477 e. The van der Waals surface area contributed by atoms with Crippen LogP contribution in [0, 0.1) is 5.92 Å². The lowest BCUT2D eigenvalue weighted by Crippen LogP contribution is -2.33. The van der Waals surface area contributed by atoms with Crippen molar-refractivity contribution in [2.75, 3.05) is 7.11 Å². The lowest BCUT2D eigenvalue weighted by Gasteiger charge is -2.20. The van der Waals surface area contributed by atoms with E-state index in [2.05, 4.69) is 15.9 Å². The Morgan fingerprint density at radius 1 is 1.31 bits per heavy atom. The molecule has 3 nitrogen and oxygen atoms in total. The molecule has 0 heterocycles. The Morgan fingerprint density at radius 3 is 2.44 bits per heavy atom. The number of ether oxygens (including phenoxy) is 2. The van der Waals surface area contributed by atoms with Crippen LogP contribution in [0.1, 0.15) is 13.8 Å². The summed E-state index contributed by atoms with van der Waals surface area (Å²) in [5.74, 6) is 0.344. The van der Waals surface area contributed by atoms with Crippen LogP contribution in [0.25, 0.3) is 0 Å². The lowest BCUT2D eigenvalue weighted by molar-refractivity contribution is -0.150.